The van der Waals surface area contributed by atoms with Crippen molar-refractivity contribution in [2.24, 2.45) is 0 Å². The number of hydrogen-bond donors (Lipinski definition) is 0. The van der Waals surface area contributed by atoms with Crippen LogP contribution in [-0.4, -0.2) is 60.3 Å². The van der Waals surface area contributed by atoms with Gasteiger partial charge >= 0.3 is 0 Å². The lowest BCUT2D eigenvalue weighted by Crippen LogP contribution is -2.49. The highest BCUT2D eigenvalue weighted by atomic mass is 19.1. The SMILES string of the molecule is COc1ccc(CN2Cc3nc(-c4c(F)cccc4F)cc(Cc4ccc(N5[C@@H](C)COC[C@@H]5C)cn4)c3C2=O)c(OC)c1. The number of aromatic nitrogens is 2. The maximum atomic E-state index is 14.9. The molecular formula is C34H34F2N4O4. The van der Waals surface area contributed by atoms with Crippen LogP contribution in [0, 0.1) is 11.6 Å². The summed E-state index contributed by atoms with van der Waals surface area (Å²) in [4.78, 5) is 27.2. The molecule has 10 heteroatoms. The summed E-state index contributed by atoms with van der Waals surface area (Å²) in [7, 11) is 3.14. The zero-order chi connectivity index (χ0) is 31.0. The van der Waals surface area contributed by atoms with Crippen molar-refractivity contribution in [1.29, 1.82) is 0 Å². The van der Waals surface area contributed by atoms with Crippen molar-refractivity contribution in [2.75, 3.05) is 32.3 Å². The Labute approximate surface area is 255 Å². The fourth-order valence-corrected chi connectivity index (χ4v) is 6.15. The Bertz CT molecular complexity index is 1670. The topological polar surface area (TPSA) is 77.0 Å². The number of hydrogen-bond acceptors (Lipinski definition) is 7. The van der Waals surface area contributed by atoms with Gasteiger partial charge in [0.25, 0.3) is 5.91 Å². The number of nitrogens with zero attached hydrogens (tertiary/aromatic N) is 4. The predicted octanol–water partition coefficient (Wildman–Crippen LogP) is 5.80. The fraction of sp³-hybridized carbons (Fsp3) is 0.324. The second-order valence-corrected chi connectivity index (χ2v) is 11.3. The number of benzene rings is 2. The van der Waals surface area contributed by atoms with Gasteiger partial charge in [0.2, 0.25) is 0 Å². The van der Waals surface area contributed by atoms with E-state index in [1.165, 1.54) is 18.2 Å². The number of anilines is 1. The molecular weight excluding hydrogens is 566 g/mol. The number of rotatable bonds is 8. The van der Waals surface area contributed by atoms with Crippen LogP contribution in [0.25, 0.3) is 11.3 Å². The molecule has 228 valence electrons. The van der Waals surface area contributed by atoms with Crippen LogP contribution in [0.1, 0.15) is 46.7 Å². The number of carbonyl (C=O) groups is 1. The minimum atomic E-state index is -0.719. The zero-order valence-electron chi connectivity index (χ0n) is 25.1. The lowest BCUT2D eigenvalue weighted by Gasteiger charge is -2.40. The lowest BCUT2D eigenvalue weighted by molar-refractivity contribution is 0.0756. The summed E-state index contributed by atoms with van der Waals surface area (Å²) >= 11 is 0. The zero-order valence-corrected chi connectivity index (χ0v) is 25.1. The standard InChI is InChI=1S/C34H34F2N4O4/c1-20-18-44-19-21(2)40(20)25-10-9-24(37-15-25)12-23-13-29(33-27(35)6-5-7-28(33)36)38-30-17-39(34(41)32(23)30)16-22-8-11-26(42-3)14-31(22)43-4/h5-11,13-15,20-21H,12,16-19H2,1-4H3/t20-,21-/m0/s1. The van der Waals surface area contributed by atoms with Gasteiger partial charge in [-0.05, 0) is 61.9 Å². The van der Waals surface area contributed by atoms with Gasteiger partial charge in [-0.15, -0.1) is 0 Å². The predicted molar refractivity (Wildman–Crippen MR) is 162 cm³/mol. The van der Waals surface area contributed by atoms with Crippen LogP contribution < -0.4 is 14.4 Å². The number of ether oxygens (including phenoxy) is 3. The van der Waals surface area contributed by atoms with E-state index in [-0.39, 0.29) is 48.8 Å². The second kappa shape index (κ2) is 12.2. The van der Waals surface area contributed by atoms with E-state index in [1.54, 1.807) is 31.3 Å². The minimum Gasteiger partial charge on any atom is -0.497 e. The largest absolute Gasteiger partial charge is 0.497 e. The van der Waals surface area contributed by atoms with Crippen LogP contribution >= 0.6 is 0 Å². The van der Waals surface area contributed by atoms with Crippen molar-refractivity contribution in [1.82, 2.24) is 14.9 Å². The maximum Gasteiger partial charge on any atom is 0.256 e. The molecule has 0 aliphatic carbocycles. The molecule has 0 saturated carbocycles. The van der Waals surface area contributed by atoms with E-state index in [2.05, 4.69) is 23.7 Å². The lowest BCUT2D eigenvalue weighted by atomic mass is 9.98. The van der Waals surface area contributed by atoms with Crippen LogP contribution in [0.15, 0.2) is 60.8 Å². The fourth-order valence-electron chi connectivity index (χ4n) is 6.15. The minimum absolute atomic E-state index is 0.138. The molecule has 4 heterocycles. The first kappa shape index (κ1) is 29.5. The molecule has 1 saturated heterocycles. The van der Waals surface area contributed by atoms with Gasteiger partial charge in [-0.1, -0.05) is 6.07 Å². The highest BCUT2D eigenvalue weighted by molar-refractivity contribution is 5.99. The number of carbonyl (C=O) groups excluding carboxylic acids is 1. The summed E-state index contributed by atoms with van der Waals surface area (Å²) in [6, 6.07) is 15.1. The Morgan fingerprint density at radius 3 is 2.34 bits per heavy atom. The van der Waals surface area contributed by atoms with Gasteiger partial charge in [-0.3, -0.25) is 9.78 Å². The van der Waals surface area contributed by atoms with E-state index in [9.17, 15) is 13.6 Å². The third kappa shape index (κ3) is 5.57. The second-order valence-electron chi connectivity index (χ2n) is 11.3. The monoisotopic (exact) mass is 600 g/mol. The van der Waals surface area contributed by atoms with Crippen LogP contribution in [0.3, 0.4) is 0 Å². The van der Waals surface area contributed by atoms with Gasteiger partial charge in [-0.25, -0.2) is 13.8 Å². The summed E-state index contributed by atoms with van der Waals surface area (Å²) in [6.07, 6.45) is 2.12. The summed E-state index contributed by atoms with van der Waals surface area (Å²) < 4.78 is 46.3. The number of morpholine rings is 1. The molecule has 44 heavy (non-hydrogen) atoms. The van der Waals surface area contributed by atoms with Crippen LogP contribution in [0.4, 0.5) is 14.5 Å². The van der Waals surface area contributed by atoms with E-state index >= 15 is 0 Å². The Hall–Kier alpha value is -4.57. The molecule has 2 aliphatic heterocycles. The number of pyridine rings is 2. The highest BCUT2D eigenvalue weighted by Crippen LogP contribution is 2.35. The van der Waals surface area contributed by atoms with Crippen molar-refractivity contribution >= 4 is 11.6 Å². The molecule has 2 aromatic heterocycles. The molecule has 0 spiro atoms. The van der Waals surface area contributed by atoms with Gasteiger partial charge in [0.05, 0.1) is 74.9 Å². The molecule has 1 fully saturated rings. The summed E-state index contributed by atoms with van der Waals surface area (Å²) in [6.45, 7) is 5.96. The molecule has 6 rings (SSSR count). The maximum absolute atomic E-state index is 14.9. The molecule has 1 amide bonds. The first-order valence-electron chi connectivity index (χ1n) is 14.6. The van der Waals surface area contributed by atoms with Crippen molar-refractivity contribution < 1.29 is 27.8 Å². The van der Waals surface area contributed by atoms with Gasteiger partial charge < -0.3 is 24.0 Å². The average Bonchev–Trinajstić information content (AvgIpc) is 3.32. The Morgan fingerprint density at radius 1 is 0.932 bits per heavy atom. The van der Waals surface area contributed by atoms with Gasteiger partial charge in [0, 0.05) is 35.8 Å². The van der Waals surface area contributed by atoms with Crippen molar-refractivity contribution in [3.05, 3.63) is 101 Å². The Balaban J connectivity index is 1.36. The normalized spacial score (nSPS) is 18.0. The first-order valence-corrected chi connectivity index (χ1v) is 14.6. The van der Waals surface area contributed by atoms with Gasteiger partial charge in [-0.2, -0.15) is 0 Å². The summed E-state index contributed by atoms with van der Waals surface area (Å²) in [5.41, 5.74) is 3.91. The first-order chi connectivity index (χ1) is 21.3. The average molecular weight is 601 g/mol. The third-order valence-corrected chi connectivity index (χ3v) is 8.24. The molecule has 2 aliphatic rings. The Morgan fingerprint density at radius 2 is 1.68 bits per heavy atom. The third-order valence-electron chi connectivity index (χ3n) is 8.24. The van der Waals surface area contributed by atoms with Crippen molar-refractivity contribution in [3.8, 4) is 22.8 Å². The number of halogens is 2. The van der Waals surface area contributed by atoms with E-state index in [0.717, 1.165) is 16.9 Å². The molecule has 0 unspecified atom stereocenters. The van der Waals surface area contributed by atoms with Crippen LogP contribution in [0.2, 0.25) is 0 Å². The van der Waals surface area contributed by atoms with Gasteiger partial charge in [0.15, 0.2) is 0 Å². The van der Waals surface area contributed by atoms with E-state index in [1.807, 2.05) is 30.5 Å². The molecule has 4 aromatic rings. The molecule has 0 bridgehead atoms. The molecule has 0 N–H and O–H groups in total. The number of methoxy groups -OCH3 is 2. The molecule has 2 atom stereocenters. The smallest absolute Gasteiger partial charge is 0.256 e. The van der Waals surface area contributed by atoms with Crippen molar-refractivity contribution in [2.45, 2.75) is 45.4 Å². The molecule has 0 radical (unpaired) electrons. The van der Waals surface area contributed by atoms with Crippen LogP contribution in [0.5, 0.6) is 11.5 Å². The Kier molecular flexibility index (Phi) is 8.18. The summed E-state index contributed by atoms with van der Waals surface area (Å²) in [5, 5.41) is 0. The molecule has 8 nitrogen and oxygen atoms in total. The van der Waals surface area contributed by atoms with E-state index in [0.29, 0.717) is 41.5 Å². The van der Waals surface area contributed by atoms with Crippen molar-refractivity contribution in [3.63, 3.8) is 0 Å². The van der Waals surface area contributed by atoms with E-state index < -0.39 is 11.6 Å². The summed E-state index contributed by atoms with van der Waals surface area (Å²) in [5.74, 6) is -0.428. The number of amides is 1. The quantitative estimate of drug-likeness (QED) is 0.253. The number of fused-ring (bicyclic) bond motifs is 1. The molecule has 2 aromatic carbocycles. The van der Waals surface area contributed by atoms with Crippen LogP contribution in [-0.2, 0) is 24.2 Å². The van der Waals surface area contributed by atoms with E-state index in [4.69, 9.17) is 19.2 Å². The van der Waals surface area contributed by atoms with Gasteiger partial charge in [0.1, 0.15) is 23.1 Å². The highest BCUT2D eigenvalue weighted by Gasteiger charge is 2.33.